The van der Waals surface area contributed by atoms with E-state index in [4.69, 9.17) is 26.3 Å². The van der Waals surface area contributed by atoms with Gasteiger partial charge in [-0.1, -0.05) is 72.3 Å². The molecule has 0 atom stereocenters. The van der Waals surface area contributed by atoms with E-state index >= 15 is 0 Å². The number of halogens is 1. The van der Waals surface area contributed by atoms with Crippen molar-refractivity contribution >= 4 is 45.2 Å². The van der Waals surface area contributed by atoms with Gasteiger partial charge < -0.3 is 20.2 Å². The first-order valence-corrected chi connectivity index (χ1v) is 13.6. The van der Waals surface area contributed by atoms with Gasteiger partial charge in [-0.05, 0) is 35.4 Å². The van der Waals surface area contributed by atoms with Gasteiger partial charge in [0.1, 0.15) is 10.7 Å². The Morgan fingerprint density at radius 2 is 1.57 bits per heavy atom. The number of sulfonamides is 1. The Labute approximate surface area is 234 Å². The first-order valence-electron chi connectivity index (χ1n) is 11.6. The summed E-state index contributed by atoms with van der Waals surface area (Å²) in [5.41, 5.74) is 0.250. The SMILES string of the molecule is NS(=O)(=O)c1cc(C(=O)O)c(NCc2ccco2)cc1Cl.O=C1NC(=O)C(c2ccccc2)(c2ccccc2)N1. The fourth-order valence-corrected chi connectivity index (χ4v) is 5.19. The Bertz CT molecular complexity index is 1610. The van der Waals surface area contributed by atoms with E-state index in [2.05, 4.69) is 16.0 Å². The summed E-state index contributed by atoms with van der Waals surface area (Å²) in [4.78, 5) is 34.7. The minimum atomic E-state index is -4.11. The molecule has 0 unspecified atom stereocenters. The summed E-state index contributed by atoms with van der Waals surface area (Å²) in [5.74, 6) is -1.08. The molecule has 13 heteroatoms. The molecule has 1 aliphatic rings. The normalized spacial score (nSPS) is 13.9. The molecule has 1 aliphatic heterocycles. The molecule has 11 nitrogen and oxygen atoms in total. The zero-order valence-corrected chi connectivity index (χ0v) is 22.2. The maximum absolute atomic E-state index is 12.3. The predicted octanol–water partition coefficient (Wildman–Crippen LogP) is 3.66. The second-order valence-electron chi connectivity index (χ2n) is 8.50. The highest BCUT2D eigenvalue weighted by Crippen LogP contribution is 2.32. The van der Waals surface area contributed by atoms with Gasteiger partial charge in [-0.15, -0.1) is 0 Å². The van der Waals surface area contributed by atoms with Crippen LogP contribution in [0, 0.1) is 0 Å². The van der Waals surface area contributed by atoms with E-state index in [1.807, 2.05) is 60.7 Å². The van der Waals surface area contributed by atoms with Crippen molar-refractivity contribution in [3.05, 3.63) is 119 Å². The highest BCUT2D eigenvalue weighted by Gasteiger charge is 2.48. The lowest BCUT2D eigenvalue weighted by atomic mass is 9.83. The van der Waals surface area contributed by atoms with E-state index in [9.17, 15) is 22.8 Å². The van der Waals surface area contributed by atoms with Crippen LogP contribution < -0.4 is 21.1 Å². The number of benzene rings is 3. The van der Waals surface area contributed by atoms with Gasteiger partial charge in [-0.25, -0.2) is 23.1 Å². The maximum atomic E-state index is 12.3. The molecule has 1 fully saturated rings. The third-order valence-corrected chi connectivity index (χ3v) is 7.30. The summed E-state index contributed by atoms with van der Waals surface area (Å²) < 4.78 is 27.8. The minimum Gasteiger partial charge on any atom is -0.478 e. The highest BCUT2D eigenvalue weighted by atomic mass is 35.5. The number of carbonyl (C=O) groups excluding carboxylic acids is 2. The van der Waals surface area contributed by atoms with Gasteiger partial charge in [0.2, 0.25) is 10.0 Å². The fourth-order valence-electron chi connectivity index (χ4n) is 4.09. The summed E-state index contributed by atoms with van der Waals surface area (Å²) in [6, 6.07) is 23.5. The molecule has 0 saturated carbocycles. The topological polar surface area (TPSA) is 181 Å². The number of imide groups is 1. The number of anilines is 1. The lowest BCUT2D eigenvalue weighted by molar-refractivity contribution is -0.122. The molecule has 1 saturated heterocycles. The smallest absolute Gasteiger partial charge is 0.337 e. The highest BCUT2D eigenvalue weighted by molar-refractivity contribution is 7.89. The Morgan fingerprint density at radius 3 is 2.02 bits per heavy atom. The van der Waals surface area contributed by atoms with E-state index in [1.165, 1.54) is 12.3 Å². The van der Waals surface area contributed by atoms with Crippen LogP contribution in [0.15, 0.2) is 101 Å². The predicted molar refractivity (Wildman–Crippen MR) is 146 cm³/mol. The number of nitrogens with one attached hydrogen (secondary N) is 3. The van der Waals surface area contributed by atoms with E-state index in [0.29, 0.717) is 5.76 Å². The second kappa shape index (κ2) is 11.6. The van der Waals surface area contributed by atoms with Crippen LogP contribution in [0.25, 0.3) is 0 Å². The zero-order chi connectivity index (χ0) is 28.9. The number of nitrogens with two attached hydrogens (primary N) is 1. The van der Waals surface area contributed by atoms with Gasteiger partial charge in [0, 0.05) is 0 Å². The molecular weight excluding hydrogens is 560 g/mol. The van der Waals surface area contributed by atoms with E-state index < -0.39 is 32.5 Å². The summed E-state index contributed by atoms with van der Waals surface area (Å²) in [5, 5.41) is 21.9. The molecule has 40 heavy (non-hydrogen) atoms. The lowest BCUT2D eigenvalue weighted by Crippen LogP contribution is -2.44. The average Bonchev–Trinajstić information content (AvgIpc) is 3.55. The van der Waals surface area contributed by atoms with Crippen molar-refractivity contribution < 1.29 is 32.3 Å². The number of aromatic carboxylic acids is 1. The van der Waals surface area contributed by atoms with Crippen LogP contribution in [0.5, 0.6) is 0 Å². The number of hydrogen-bond donors (Lipinski definition) is 5. The second-order valence-corrected chi connectivity index (χ2v) is 10.4. The van der Waals surface area contributed by atoms with Crippen molar-refractivity contribution in [3.8, 4) is 0 Å². The summed E-state index contributed by atoms with van der Waals surface area (Å²) in [7, 11) is -4.11. The van der Waals surface area contributed by atoms with Gasteiger partial charge >= 0.3 is 12.0 Å². The zero-order valence-electron chi connectivity index (χ0n) is 20.6. The molecule has 5 rings (SSSR count). The lowest BCUT2D eigenvalue weighted by Gasteiger charge is -2.27. The third-order valence-electron chi connectivity index (χ3n) is 5.92. The van der Waals surface area contributed by atoms with Gasteiger partial charge in [-0.3, -0.25) is 10.1 Å². The number of carboxylic acid groups (broad SMARTS) is 1. The van der Waals surface area contributed by atoms with Gasteiger partial charge in [0.05, 0.1) is 29.1 Å². The monoisotopic (exact) mass is 582 g/mol. The fraction of sp³-hybridized carbons (Fsp3) is 0.0741. The number of furan rings is 1. The molecular formula is C27H23ClN4O7S. The van der Waals surface area contributed by atoms with E-state index in [-0.39, 0.29) is 28.7 Å². The molecule has 6 N–H and O–H groups in total. The van der Waals surface area contributed by atoms with Crippen LogP contribution in [0.1, 0.15) is 27.2 Å². The molecule has 1 aromatic heterocycles. The minimum absolute atomic E-state index is 0.163. The number of amides is 3. The van der Waals surface area contributed by atoms with Crippen molar-refractivity contribution in [3.63, 3.8) is 0 Å². The number of hydrogen-bond acceptors (Lipinski definition) is 7. The van der Waals surface area contributed by atoms with E-state index in [1.54, 1.807) is 12.1 Å². The van der Waals surface area contributed by atoms with Crippen molar-refractivity contribution in [2.45, 2.75) is 17.0 Å². The summed E-state index contributed by atoms with van der Waals surface area (Å²) >= 11 is 5.84. The molecule has 0 bridgehead atoms. The molecule has 0 spiro atoms. The first kappa shape index (κ1) is 28.4. The molecule has 4 aromatic rings. The van der Waals surface area contributed by atoms with Gasteiger partial charge in [0.25, 0.3) is 5.91 Å². The Morgan fingerprint density at radius 1 is 0.975 bits per heavy atom. The van der Waals surface area contributed by atoms with Crippen molar-refractivity contribution in [1.29, 1.82) is 0 Å². The third kappa shape index (κ3) is 5.99. The van der Waals surface area contributed by atoms with E-state index in [0.717, 1.165) is 17.2 Å². The number of carbonyl (C=O) groups is 3. The number of rotatable bonds is 7. The quantitative estimate of drug-likeness (QED) is 0.205. The Balaban J connectivity index is 0.000000186. The van der Waals surface area contributed by atoms with Gasteiger partial charge in [0.15, 0.2) is 5.54 Å². The Kier molecular flexibility index (Phi) is 8.24. The largest absolute Gasteiger partial charge is 0.478 e. The number of carboxylic acids is 1. The molecule has 0 aliphatic carbocycles. The van der Waals surface area contributed by atoms with Crippen LogP contribution in [-0.2, 0) is 26.9 Å². The van der Waals surface area contributed by atoms with Crippen LogP contribution >= 0.6 is 11.6 Å². The molecule has 206 valence electrons. The van der Waals surface area contributed by atoms with Crippen LogP contribution in [0.2, 0.25) is 5.02 Å². The van der Waals surface area contributed by atoms with Crippen LogP contribution in [0.3, 0.4) is 0 Å². The van der Waals surface area contributed by atoms with Crippen LogP contribution in [-0.4, -0.2) is 31.4 Å². The van der Waals surface area contributed by atoms with Crippen molar-refractivity contribution in [1.82, 2.24) is 10.6 Å². The summed E-state index contributed by atoms with van der Waals surface area (Å²) in [6.07, 6.45) is 1.48. The molecule has 0 radical (unpaired) electrons. The Hall–Kier alpha value is -4.65. The molecule has 3 aromatic carbocycles. The summed E-state index contributed by atoms with van der Waals surface area (Å²) in [6.45, 7) is 0.221. The molecule has 2 heterocycles. The van der Waals surface area contributed by atoms with Crippen molar-refractivity contribution in [2.24, 2.45) is 5.14 Å². The average molecular weight is 583 g/mol. The maximum Gasteiger partial charge on any atom is 0.337 e. The standard InChI is InChI=1S/C15H12N2O2.C12H11ClN2O5S/c18-13-15(17-14(19)16-13,11-7-3-1-4-8-11)12-9-5-2-6-10-12;13-9-5-10(15-6-7-2-1-3-20-7)8(12(16)17)4-11(9)21(14,18)19/h1-10H,(H2,16,17,18,19);1-5,15H,6H2,(H,16,17)(H2,14,18,19). The van der Waals surface area contributed by atoms with Crippen LogP contribution in [0.4, 0.5) is 10.5 Å². The molecule has 3 amide bonds. The van der Waals surface area contributed by atoms with Crippen molar-refractivity contribution in [2.75, 3.05) is 5.32 Å². The number of urea groups is 1. The number of primary sulfonamides is 1. The first-order chi connectivity index (χ1) is 19.0. The van der Waals surface area contributed by atoms with Gasteiger partial charge in [-0.2, -0.15) is 0 Å².